The van der Waals surface area contributed by atoms with Crippen LogP contribution in [-0.4, -0.2) is 47.0 Å². The summed E-state index contributed by atoms with van der Waals surface area (Å²) in [6.07, 6.45) is 2.22. The number of hydrogen-bond acceptors (Lipinski definition) is 8. The normalized spacial score (nSPS) is 17.8. The van der Waals surface area contributed by atoms with Crippen molar-refractivity contribution in [2.24, 2.45) is 0 Å². The van der Waals surface area contributed by atoms with Gasteiger partial charge in [-0.05, 0) is 26.7 Å². The van der Waals surface area contributed by atoms with E-state index in [2.05, 4.69) is 20.4 Å². The van der Waals surface area contributed by atoms with E-state index in [9.17, 15) is 4.79 Å². The van der Waals surface area contributed by atoms with E-state index in [-0.39, 0.29) is 24.2 Å². The minimum absolute atomic E-state index is 0.0414. The summed E-state index contributed by atoms with van der Waals surface area (Å²) in [6, 6.07) is 0. The number of carbonyl (C=O) groups excluding carboxylic acids is 1. The van der Waals surface area contributed by atoms with Gasteiger partial charge < -0.3 is 19.3 Å². The van der Waals surface area contributed by atoms with Crippen LogP contribution in [0.5, 0.6) is 0 Å². The molecule has 0 spiro atoms. The second-order valence-corrected chi connectivity index (χ2v) is 5.08. The Morgan fingerprint density at radius 2 is 2.32 bits per heavy atom. The maximum Gasteiger partial charge on any atom is 0.376 e. The molecule has 2 aromatic heterocycles. The Kier molecular flexibility index (Phi) is 4.19. The Labute approximate surface area is 127 Å². The van der Waals surface area contributed by atoms with E-state index in [0.29, 0.717) is 23.4 Å². The molecule has 8 nitrogen and oxygen atoms in total. The fourth-order valence-corrected chi connectivity index (χ4v) is 2.42. The van der Waals surface area contributed by atoms with Gasteiger partial charge in [0.1, 0.15) is 11.2 Å². The third kappa shape index (κ3) is 2.87. The maximum atomic E-state index is 11.8. The van der Waals surface area contributed by atoms with Crippen LogP contribution in [0.2, 0.25) is 0 Å². The molecule has 1 atom stereocenters. The number of carbonyl (C=O) groups is 1. The zero-order valence-corrected chi connectivity index (χ0v) is 12.6. The second-order valence-electron chi connectivity index (χ2n) is 5.08. The van der Waals surface area contributed by atoms with E-state index in [0.717, 1.165) is 19.4 Å². The number of hydrogen-bond donors (Lipinski definition) is 1. The summed E-state index contributed by atoms with van der Waals surface area (Å²) in [6.45, 7) is 5.18. The first-order valence-electron chi connectivity index (χ1n) is 7.35. The first kappa shape index (κ1) is 14.7. The topological polar surface area (TPSA) is 99.4 Å². The standard InChI is InChI=1S/C14H18N4O4/c1-3-20-14(19)12-16-11(15-7-9-5-4-6-21-9)10-8(2)18-22-13(10)17-12/h9H,3-7H2,1-2H3,(H,15,16,17). The molecule has 1 fully saturated rings. The molecule has 0 radical (unpaired) electrons. The largest absolute Gasteiger partial charge is 0.460 e. The van der Waals surface area contributed by atoms with Gasteiger partial charge in [0.15, 0.2) is 0 Å². The van der Waals surface area contributed by atoms with Crippen molar-refractivity contribution in [1.82, 2.24) is 15.1 Å². The highest BCUT2D eigenvalue weighted by Gasteiger charge is 2.21. The molecule has 0 saturated carbocycles. The molecular formula is C14H18N4O4. The molecule has 8 heteroatoms. The number of aromatic nitrogens is 3. The van der Waals surface area contributed by atoms with Gasteiger partial charge in [-0.1, -0.05) is 5.16 Å². The molecule has 118 valence electrons. The second kappa shape index (κ2) is 6.27. The zero-order chi connectivity index (χ0) is 15.5. The van der Waals surface area contributed by atoms with Gasteiger partial charge in [0.2, 0.25) is 5.82 Å². The van der Waals surface area contributed by atoms with E-state index in [1.807, 2.05) is 0 Å². The highest BCUT2D eigenvalue weighted by atomic mass is 16.5. The van der Waals surface area contributed by atoms with Crippen molar-refractivity contribution in [2.45, 2.75) is 32.8 Å². The number of aryl methyl sites for hydroxylation is 1. The van der Waals surface area contributed by atoms with Crippen molar-refractivity contribution in [3.63, 3.8) is 0 Å². The van der Waals surface area contributed by atoms with Gasteiger partial charge in [-0.15, -0.1) is 0 Å². The van der Waals surface area contributed by atoms with Gasteiger partial charge in [0.05, 0.1) is 18.4 Å². The molecule has 0 bridgehead atoms. The lowest BCUT2D eigenvalue weighted by molar-refractivity contribution is 0.0512. The summed E-state index contributed by atoms with van der Waals surface area (Å²) in [5.41, 5.74) is 0.936. The number of fused-ring (bicyclic) bond motifs is 1. The highest BCUT2D eigenvalue weighted by molar-refractivity contribution is 5.93. The molecule has 1 saturated heterocycles. The fraction of sp³-hybridized carbons (Fsp3) is 0.571. The monoisotopic (exact) mass is 306 g/mol. The van der Waals surface area contributed by atoms with E-state index in [4.69, 9.17) is 14.0 Å². The molecule has 0 aromatic carbocycles. The Morgan fingerprint density at radius 1 is 1.45 bits per heavy atom. The van der Waals surface area contributed by atoms with Crippen LogP contribution in [0, 0.1) is 6.92 Å². The van der Waals surface area contributed by atoms with E-state index in [1.165, 1.54) is 0 Å². The predicted molar refractivity (Wildman–Crippen MR) is 77.8 cm³/mol. The molecule has 1 unspecified atom stereocenters. The number of ether oxygens (including phenoxy) is 2. The summed E-state index contributed by atoms with van der Waals surface area (Å²) in [4.78, 5) is 20.2. The van der Waals surface area contributed by atoms with E-state index >= 15 is 0 Å². The summed E-state index contributed by atoms with van der Waals surface area (Å²) < 4.78 is 15.7. The van der Waals surface area contributed by atoms with Crippen molar-refractivity contribution < 1.29 is 18.8 Å². The molecule has 1 aliphatic heterocycles. The van der Waals surface area contributed by atoms with Crippen molar-refractivity contribution in [1.29, 1.82) is 0 Å². The van der Waals surface area contributed by atoms with Crippen molar-refractivity contribution in [2.75, 3.05) is 25.1 Å². The molecule has 2 aromatic rings. The van der Waals surface area contributed by atoms with Crippen LogP contribution in [-0.2, 0) is 9.47 Å². The summed E-state index contributed by atoms with van der Waals surface area (Å²) in [7, 11) is 0. The molecule has 1 N–H and O–H groups in total. The minimum atomic E-state index is -0.585. The summed E-state index contributed by atoms with van der Waals surface area (Å²) in [5.74, 6) is -0.110. The Balaban J connectivity index is 1.90. The lowest BCUT2D eigenvalue weighted by atomic mass is 10.2. The first-order chi connectivity index (χ1) is 10.7. The number of rotatable bonds is 5. The van der Waals surface area contributed by atoms with Crippen LogP contribution in [0.3, 0.4) is 0 Å². The minimum Gasteiger partial charge on any atom is -0.460 e. The number of nitrogens with zero attached hydrogens (tertiary/aromatic N) is 3. The smallest absolute Gasteiger partial charge is 0.376 e. The van der Waals surface area contributed by atoms with Crippen LogP contribution >= 0.6 is 0 Å². The lowest BCUT2D eigenvalue weighted by Crippen LogP contribution is -2.20. The van der Waals surface area contributed by atoms with Crippen molar-refractivity contribution in [3.05, 3.63) is 11.5 Å². The van der Waals surface area contributed by atoms with Gasteiger partial charge in [-0.3, -0.25) is 0 Å². The fourth-order valence-electron chi connectivity index (χ4n) is 2.42. The highest BCUT2D eigenvalue weighted by Crippen LogP contribution is 2.24. The molecule has 0 amide bonds. The van der Waals surface area contributed by atoms with Crippen LogP contribution in [0.1, 0.15) is 36.1 Å². The molecule has 3 heterocycles. The van der Waals surface area contributed by atoms with Crippen LogP contribution in [0.4, 0.5) is 5.82 Å². The molecule has 22 heavy (non-hydrogen) atoms. The van der Waals surface area contributed by atoms with E-state index < -0.39 is 5.97 Å². The Bertz CT molecular complexity index is 679. The van der Waals surface area contributed by atoms with Crippen molar-refractivity contribution >= 4 is 22.9 Å². The maximum absolute atomic E-state index is 11.8. The Hall–Kier alpha value is -2.22. The molecule has 1 aliphatic rings. The number of nitrogens with one attached hydrogen (secondary N) is 1. The molecule has 3 rings (SSSR count). The molecular weight excluding hydrogens is 288 g/mol. The van der Waals surface area contributed by atoms with Gasteiger partial charge >= 0.3 is 5.97 Å². The van der Waals surface area contributed by atoms with Crippen LogP contribution in [0.25, 0.3) is 11.1 Å². The first-order valence-corrected chi connectivity index (χ1v) is 7.35. The van der Waals surface area contributed by atoms with E-state index in [1.54, 1.807) is 13.8 Å². The predicted octanol–water partition coefficient (Wildman–Crippen LogP) is 1.69. The Morgan fingerprint density at radius 3 is 3.05 bits per heavy atom. The average molecular weight is 306 g/mol. The van der Waals surface area contributed by atoms with Gasteiger partial charge in [0, 0.05) is 13.2 Å². The third-order valence-electron chi connectivity index (χ3n) is 3.49. The van der Waals surface area contributed by atoms with Crippen LogP contribution in [0.15, 0.2) is 4.52 Å². The summed E-state index contributed by atoms with van der Waals surface area (Å²) in [5, 5.41) is 7.76. The third-order valence-corrected chi connectivity index (χ3v) is 3.49. The zero-order valence-electron chi connectivity index (χ0n) is 12.6. The SMILES string of the molecule is CCOC(=O)c1nc(NCC2CCCO2)c2c(C)noc2n1. The van der Waals surface area contributed by atoms with Crippen LogP contribution < -0.4 is 5.32 Å². The van der Waals surface area contributed by atoms with Crippen molar-refractivity contribution in [3.8, 4) is 0 Å². The van der Waals surface area contributed by atoms with Gasteiger partial charge in [-0.25, -0.2) is 9.78 Å². The summed E-state index contributed by atoms with van der Waals surface area (Å²) >= 11 is 0. The quantitative estimate of drug-likeness (QED) is 0.833. The average Bonchev–Trinajstić information content (AvgIpc) is 3.15. The number of esters is 1. The molecule has 0 aliphatic carbocycles. The lowest BCUT2D eigenvalue weighted by Gasteiger charge is -2.12. The number of anilines is 1. The van der Waals surface area contributed by atoms with Gasteiger partial charge in [-0.2, -0.15) is 4.98 Å². The van der Waals surface area contributed by atoms with Gasteiger partial charge in [0.25, 0.3) is 5.71 Å².